The van der Waals surface area contributed by atoms with E-state index in [4.69, 9.17) is 23.2 Å². The summed E-state index contributed by atoms with van der Waals surface area (Å²) in [7, 11) is 0. The van der Waals surface area contributed by atoms with Crippen LogP contribution in [0.4, 0.5) is 0 Å². The van der Waals surface area contributed by atoms with Gasteiger partial charge >= 0.3 is 0 Å². The highest BCUT2D eigenvalue weighted by Gasteiger charge is 2.17. The first-order chi connectivity index (χ1) is 10.0. The maximum Gasteiger partial charge on any atom is 0.0595 e. The lowest BCUT2D eigenvalue weighted by Gasteiger charge is -2.21. The SMILES string of the molecule is CCCNC(c1ccc(Cl)c(Cl)c1)c1ccc(Br)cc1Br. The van der Waals surface area contributed by atoms with Gasteiger partial charge in [-0.15, -0.1) is 0 Å². The van der Waals surface area contributed by atoms with Gasteiger partial charge in [0.05, 0.1) is 16.1 Å². The molecule has 1 nitrogen and oxygen atoms in total. The van der Waals surface area contributed by atoms with Gasteiger partial charge in [0.1, 0.15) is 0 Å². The molecule has 0 amide bonds. The summed E-state index contributed by atoms with van der Waals surface area (Å²) in [6.07, 6.45) is 1.06. The second-order valence-electron chi connectivity index (χ2n) is 4.73. The van der Waals surface area contributed by atoms with Gasteiger partial charge < -0.3 is 5.32 Å². The Kier molecular flexibility index (Phi) is 6.57. The van der Waals surface area contributed by atoms with Crippen molar-refractivity contribution in [3.05, 3.63) is 66.5 Å². The van der Waals surface area contributed by atoms with Crippen molar-refractivity contribution in [2.75, 3.05) is 6.54 Å². The highest BCUT2D eigenvalue weighted by atomic mass is 79.9. The molecule has 0 saturated carbocycles. The predicted molar refractivity (Wildman–Crippen MR) is 98.4 cm³/mol. The van der Waals surface area contributed by atoms with Crippen molar-refractivity contribution in [1.29, 1.82) is 0 Å². The molecule has 21 heavy (non-hydrogen) atoms. The number of hydrogen-bond acceptors (Lipinski definition) is 1. The lowest BCUT2D eigenvalue weighted by atomic mass is 9.98. The van der Waals surface area contributed by atoms with Crippen molar-refractivity contribution in [2.24, 2.45) is 0 Å². The van der Waals surface area contributed by atoms with Gasteiger partial charge in [0, 0.05) is 8.95 Å². The van der Waals surface area contributed by atoms with Crippen LogP contribution in [0.3, 0.4) is 0 Å². The van der Waals surface area contributed by atoms with Crippen LogP contribution in [0.5, 0.6) is 0 Å². The number of rotatable bonds is 5. The molecule has 1 unspecified atom stereocenters. The van der Waals surface area contributed by atoms with Gasteiger partial charge in [0.15, 0.2) is 0 Å². The van der Waals surface area contributed by atoms with E-state index in [0.717, 1.165) is 27.5 Å². The minimum Gasteiger partial charge on any atom is -0.306 e. The molecule has 0 radical (unpaired) electrons. The monoisotopic (exact) mass is 449 g/mol. The van der Waals surface area contributed by atoms with Gasteiger partial charge in [-0.3, -0.25) is 0 Å². The molecule has 0 spiro atoms. The van der Waals surface area contributed by atoms with E-state index in [0.29, 0.717) is 10.0 Å². The van der Waals surface area contributed by atoms with Crippen molar-refractivity contribution in [2.45, 2.75) is 19.4 Å². The predicted octanol–water partition coefficient (Wildman–Crippen LogP) is 6.61. The van der Waals surface area contributed by atoms with E-state index in [2.05, 4.69) is 50.2 Å². The molecular weight excluding hydrogens is 437 g/mol. The molecule has 2 aromatic rings. The zero-order valence-electron chi connectivity index (χ0n) is 11.5. The Balaban J connectivity index is 2.44. The number of benzene rings is 2. The minimum atomic E-state index is 0.0715. The zero-order valence-corrected chi connectivity index (χ0v) is 16.2. The summed E-state index contributed by atoms with van der Waals surface area (Å²) in [5, 5.41) is 4.71. The standard InChI is InChI=1S/C16H15Br2Cl2N/c1-2-7-21-16(10-3-6-14(19)15(20)8-10)12-5-4-11(17)9-13(12)18/h3-6,8-9,16,21H,2,7H2,1H3. The fourth-order valence-electron chi connectivity index (χ4n) is 2.12. The largest absolute Gasteiger partial charge is 0.306 e. The number of halogens is 4. The molecule has 0 fully saturated rings. The number of hydrogen-bond donors (Lipinski definition) is 1. The highest BCUT2D eigenvalue weighted by molar-refractivity contribution is 9.11. The van der Waals surface area contributed by atoms with Crippen molar-refractivity contribution in [3.8, 4) is 0 Å². The Morgan fingerprint density at radius 2 is 1.81 bits per heavy atom. The normalized spacial score (nSPS) is 12.4. The van der Waals surface area contributed by atoms with Crippen molar-refractivity contribution < 1.29 is 0 Å². The first-order valence-electron chi connectivity index (χ1n) is 6.66. The van der Waals surface area contributed by atoms with Crippen molar-refractivity contribution >= 4 is 55.1 Å². The molecule has 0 aliphatic rings. The summed E-state index contributed by atoms with van der Waals surface area (Å²) in [5.74, 6) is 0. The third kappa shape index (κ3) is 4.46. The lowest BCUT2D eigenvalue weighted by Crippen LogP contribution is -2.23. The van der Waals surface area contributed by atoms with Gasteiger partial charge in [0.2, 0.25) is 0 Å². The molecular formula is C16H15Br2Cl2N. The second-order valence-corrected chi connectivity index (χ2v) is 7.31. The molecule has 2 rings (SSSR count). The van der Waals surface area contributed by atoms with Gasteiger partial charge in [-0.05, 0) is 48.4 Å². The molecule has 0 aliphatic carbocycles. The quantitative estimate of drug-likeness (QED) is 0.539. The molecule has 2 aromatic carbocycles. The maximum absolute atomic E-state index is 6.17. The summed E-state index contributed by atoms with van der Waals surface area (Å²) in [6, 6.07) is 12.0. The Hall–Kier alpha value is -0.0600. The molecule has 5 heteroatoms. The smallest absolute Gasteiger partial charge is 0.0595 e. The van der Waals surface area contributed by atoms with E-state index in [1.807, 2.05) is 30.3 Å². The van der Waals surface area contributed by atoms with E-state index in [1.165, 1.54) is 5.56 Å². The second kappa shape index (κ2) is 7.98. The maximum atomic E-state index is 6.17. The molecule has 0 bridgehead atoms. The third-order valence-electron chi connectivity index (χ3n) is 3.15. The van der Waals surface area contributed by atoms with E-state index in [-0.39, 0.29) is 6.04 Å². The first kappa shape index (κ1) is 17.3. The third-order valence-corrected chi connectivity index (χ3v) is 5.07. The average molecular weight is 452 g/mol. The molecule has 1 N–H and O–H groups in total. The Labute approximate surface area is 152 Å². The average Bonchev–Trinajstić information content (AvgIpc) is 2.44. The Morgan fingerprint density at radius 3 is 2.43 bits per heavy atom. The van der Waals surface area contributed by atoms with Gasteiger partial charge in [0.25, 0.3) is 0 Å². The van der Waals surface area contributed by atoms with Crippen LogP contribution in [0.2, 0.25) is 10.0 Å². The van der Waals surface area contributed by atoms with Crippen LogP contribution >= 0.6 is 55.1 Å². The first-order valence-corrected chi connectivity index (χ1v) is 9.00. The van der Waals surface area contributed by atoms with Crippen LogP contribution in [0.15, 0.2) is 45.3 Å². The van der Waals surface area contributed by atoms with Gasteiger partial charge in [-0.2, -0.15) is 0 Å². The summed E-state index contributed by atoms with van der Waals surface area (Å²) in [5.41, 5.74) is 2.27. The molecule has 0 saturated heterocycles. The van der Waals surface area contributed by atoms with Crippen LogP contribution in [-0.2, 0) is 0 Å². The molecule has 1 atom stereocenters. The molecule has 0 aromatic heterocycles. The van der Waals surface area contributed by atoms with Crippen LogP contribution < -0.4 is 5.32 Å². The molecule has 0 aliphatic heterocycles. The van der Waals surface area contributed by atoms with Crippen LogP contribution in [0, 0.1) is 0 Å². The zero-order chi connectivity index (χ0) is 15.4. The Bertz CT molecular complexity index is 632. The fourth-order valence-corrected chi connectivity index (χ4v) is 3.71. The van der Waals surface area contributed by atoms with Gasteiger partial charge in [-0.25, -0.2) is 0 Å². The summed E-state index contributed by atoms with van der Waals surface area (Å²) >= 11 is 19.3. The molecule has 0 heterocycles. The summed E-state index contributed by atoms with van der Waals surface area (Å²) in [4.78, 5) is 0. The van der Waals surface area contributed by atoms with E-state index in [1.54, 1.807) is 0 Å². The van der Waals surface area contributed by atoms with Crippen LogP contribution in [0.1, 0.15) is 30.5 Å². The highest BCUT2D eigenvalue weighted by Crippen LogP contribution is 2.33. The molecule has 112 valence electrons. The van der Waals surface area contributed by atoms with E-state index in [9.17, 15) is 0 Å². The van der Waals surface area contributed by atoms with Crippen LogP contribution in [0.25, 0.3) is 0 Å². The fraction of sp³-hybridized carbons (Fsp3) is 0.250. The van der Waals surface area contributed by atoms with Crippen molar-refractivity contribution in [1.82, 2.24) is 5.32 Å². The van der Waals surface area contributed by atoms with E-state index < -0.39 is 0 Å². The lowest BCUT2D eigenvalue weighted by molar-refractivity contribution is 0.597. The van der Waals surface area contributed by atoms with E-state index >= 15 is 0 Å². The Morgan fingerprint density at radius 1 is 1.05 bits per heavy atom. The van der Waals surface area contributed by atoms with Crippen LogP contribution in [-0.4, -0.2) is 6.54 Å². The summed E-state index contributed by atoms with van der Waals surface area (Å²) in [6.45, 7) is 3.07. The topological polar surface area (TPSA) is 12.0 Å². The van der Waals surface area contributed by atoms with Gasteiger partial charge in [-0.1, -0.05) is 74.1 Å². The minimum absolute atomic E-state index is 0.0715. The van der Waals surface area contributed by atoms with Crippen molar-refractivity contribution in [3.63, 3.8) is 0 Å². The summed E-state index contributed by atoms with van der Waals surface area (Å²) < 4.78 is 2.10. The number of nitrogens with one attached hydrogen (secondary N) is 1.